The molecule has 2 aliphatic rings. The van der Waals surface area contributed by atoms with Crippen LogP contribution in [0.2, 0.25) is 0 Å². The summed E-state index contributed by atoms with van der Waals surface area (Å²) in [4.78, 5) is 21.8. The zero-order chi connectivity index (χ0) is 17.6. The first-order valence-electron chi connectivity index (χ1n) is 8.21. The van der Waals surface area contributed by atoms with Crippen LogP contribution < -0.4 is 5.32 Å². The van der Waals surface area contributed by atoms with Crippen molar-refractivity contribution in [1.82, 2.24) is 14.9 Å². The van der Waals surface area contributed by atoms with Gasteiger partial charge in [0.15, 0.2) is 5.13 Å². The largest absolute Gasteiger partial charge is 0.364 e. The third-order valence-corrected chi connectivity index (χ3v) is 5.82. The number of nitrogens with one attached hydrogen (secondary N) is 1. The van der Waals surface area contributed by atoms with Gasteiger partial charge in [-0.25, -0.2) is 0 Å². The van der Waals surface area contributed by atoms with Crippen LogP contribution in [0.25, 0.3) is 0 Å². The number of pyridine rings is 1. The first kappa shape index (κ1) is 16.6. The van der Waals surface area contributed by atoms with Crippen molar-refractivity contribution in [2.45, 2.75) is 45.1 Å². The minimum atomic E-state index is -0.515. The Morgan fingerprint density at radius 3 is 3.24 bits per heavy atom. The monoisotopic (exact) mass is 362 g/mol. The quantitative estimate of drug-likeness (QED) is 0.909. The maximum Gasteiger partial charge on any atom is 0.230 e. The number of rotatable bonds is 3. The van der Waals surface area contributed by atoms with E-state index in [9.17, 15) is 9.18 Å². The Bertz CT molecular complexity index is 827. The summed E-state index contributed by atoms with van der Waals surface area (Å²) in [5.41, 5.74) is 1.99. The van der Waals surface area contributed by atoms with E-state index in [-0.39, 0.29) is 17.6 Å². The van der Waals surface area contributed by atoms with Crippen LogP contribution in [0.5, 0.6) is 0 Å². The number of ether oxygens (including phenoxy) is 1. The molecule has 0 aromatic carbocycles. The lowest BCUT2D eigenvalue weighted by Crippen LogP contribution is -2.31. The summed E-state index contributed by atoms with van der Waals surface area (Å²) in [6.07, 6.45) is 4.52. The van der Waals surface area contributed by atoms with E-state index in [0.29, 0.717) is 29.7 Å². The summed E-state index contributed by atoms with van der Waals surface area (Å²) < 4.78 is 20.3. The molecule has 132 valence electrons. The third kappa shape index (κ3) is 2.94. The van der Waals surface area contributed by atoms with E-state index in [1.165, 1.54) is 23.8 Å². The van der Waals surface area contributed by atoms with Gasteiger partial charge in [0, 0.05) is 44.0 Å². The molecule has 1 N–H and O–H groups in total. The van der Waals surface area contributed by atoms with Gasteiger partial charge in [0.25, 0.3) is 0 Å². The number of halogens is 1. The first-order chi connectivity index (χ1) is 12.0. The number of anilines is 1. The van der Waals surface area contributed by atoms with Crippen LogP contribution >= 0.6 is 11.3 Å². The molecule has 2 aromatic rings. The maximum atomic E-state index is 14.1. The van der Waals surface area contributed by atoms with Crippen LogP contribution in [0.3, 0.4) is 0 Å². The number of carbonyl (C=O) groups excluding carboxylic acids is 1. The molecule has 4 rings (SSSR count). The predicted molar refractivity (Wildman–Crippen MR) is 91.6 cm³/mol. The minimum Gasteiger partial charge on any atom is -0.364 e. The van der Waals surface area contributed by atoms with E-state index in [0.717, 1.165) is 12.0 Å². The van der Waals surface area contributed by atoms with Crippen LogP contribution in [-0.2, 0) is 28.3 Å². The molecular weight excluding hydrogens is 343 g/mol. The SMILES string of the molecule is CC(=O)Nc1nc(F)c(CN2C[C@@]3(C[C@@H]2C)OCc2cnccc23)s1. The second kappa shape index (κ2) is 6.12. The van der Waals surface area contributed by atoms with Crippen molar-refractivity contribution in [2.75, 3.05) is 11.9 Å². The molecule has 1 saturated heterocycles. The van der Waals surface area contributed by atoms with Gasteiger partial charge >= 0.3 is 0 Å². The highest BCUT2D eigenvalue weighted by Gasteiger charge is 2.48. The number of amides is 1. The van der Waals surface area contributed by atoms with E-state index >= 15 is 0 Å². The molecule has 0 saturated carbocycles. The molecular formula is C17H19FN4O2S. The van der Waals surface area contributed by atoms with Crippen molar-refractivity contribution in [3.05, 3.63) is 40.4 Å². The third-order valence-electron chi connectivity index (χ3n) is 4.88. The summed E-state index contributed by atoms with van der Waals surface area (Å²) in [5, 5.41) is 2.84. The highest BCUT2D eigenvalue weighted by Crippen LogP contribution is 2.45. The van der Waals surface area contributed by atoms with Crippen LogP contribution in [-0.4, -0.2) is 33.4 Å². The Balaban J connectivity index is 1.54. The number of nitrogens with zero attached hydrogens (tertiary/aromatic N) is 3. The average molecular weight is 362 g/mol. The zero-order valence-electron chi connectivity index (χ0n) is 14.1. The van der Waals surface area contributed by atoms with Gasteiger partial charge in [-0.05, 0) is 25.0 Å². The fourth-order valence-corrected chi connectivity index (χ4v) is 4.68. The number of hydrogen-bond donors (Lipinski definition) is 1. The highest BCUT2D eigenvalue weighted by atomic mass is 32.1. The van der Waals surface area contributed by atoms with Crippen molar-refractivity contribution in [2.24, 2.45) is 0 Å². The summed E-state index contributed by atoms with van der Waals surface area (Å²) in [6, 6.07) is 2.28. The van der Waals surface area contributed by atoms with Crippen molar-refractivity contribution in [3.8, 4) is 0 Å². The van der Waals surface area contributed by atoms with Gasteiger partial charge in [0.1, 0.15) is 5.60 Å². The van der Waals surface area contributed by atoms with E-state index in [2.05, 4.69) is 27.1 Å². The second-order valence-electron chi connectivity index (χ2n) is 6.69. The summed E-state index contributed by atoms with van der Waals surface area (Å²) >= 11 is 1.18. The molecule has 8 heteroatoms. The minimum absolute atomic E-state index is 0.252. The van der Waals surface area contributed by atoms with E-state index in [1.807, 2.05) is 12.3 Å². The lowest BCUT2D eigenvalue weighted by molar-refractivity contribution is -0.114. The summed E-state index contributed by atoms with van der Waals surface area (Å²) in [5.74, 6) is -0.766. The lowest BCUT2D eigenvalue weighted by atomic mass is 9.91. The van der Waals surface area contributed by atoms with Gasteiger partial charge < -0.3 is 10.1 Å². The molecule has 1 fully saturated rings. The molecule has 2 aromatic heterocycles. The maximum absolute atomic E-state index is 14.1. The standard InChI is InChI=1S/C17H19FN4O2S/c1-10-5-17(13-3-4-19-6-12(13)8-24-17)9-22(10)7-14-15(18)21-16(25-14)20-11(2)23/h3-4,6,10H,5,7-9H2,1-2H3,(H,20,21,23)/t10-,17+/m0/s1. The molecule has 1 amide bonds. The Morgan fingerprint density at radius 2 is 2.44 bits per heavy atom. The highest BCUT2D eigenvalue weighted by molar-refractivity contribution is 7.15. The van der Waals surface area contributed by atoms with Crippen molar-refractivity contribution >= 4 is 22.4 Å². The molecule has 0 radical (unpaired) electrons. The molecule has 1 spiro atoms. The number of likely N-dealkylation sites (tertiary alicyclic amines) is 1. The Labute approximate surface area is 149 Å². The number of fused-ring (bicyclic) bond motifs is 2. The average Bonchev–Trinajstić information content (AvgIpc) is 3.18. The van der Waals surface area contributed by atoms with E-state index < -0.39 is 5.95 Å². The van der Waals surface area contributed by atoms with Crippen LogP contribution in [0, 0.1) is 5.95 Å². The normalized spacial score (nSPS) is 25.5. The van der Waals surface area contributed by atoms with E-state index in [1.54, 1.807) is 6.20 Å². The fraction of sp³-hybridized carbons (Fsp3) is 0.471. The van der Waals surface area contributed by atoms with Gasteiger partial charge in [-0.2, -0.15) is 9.37 Å². The predicted octanol–water partition coefficient (Wildman–Crippen LogP) is 2.66. The molecule has 0 aliphatic carbocycles. The van der Waals surface area contributed by atoms with Gasteiger partial charge in [-0.3, -0.25) is 14.7 Å². The summed E-state index contributed by atoms with van der Waals surface area (Å²) in [7, 11) is 0. The van der Waals surface area contributed by atoms with Crippen LogP contribution in [0.15, 0.2) is 18.5 Å². The summed E-state index contributed by atoms with van der Waals surface area (Å²) in [6.45, 7) is 5.25. The molecule has 0 bridgehead atoms. The topological polar surface area (TPSA) is 67.4 Å². The molecule has 25 heavy (non-hydrogen) atoms. The Hall–Kier alpha value is -1.90. The van der Waals surface area contributed by atoms with Gasteiger partial charge in [0.05, 0.1) is 11.5 Å². The molecule has 4 heterocycles. The van der Waals surface area contributed by atoms with Crippen LogP contribution in [0.4, 0.5) is 9.52 Å². The lowest BCUT2D eigenvalue weighted by Gasteiger charge is -2.24. The molecule has 2 aliphatic heterocycles. The molecule has 2 atom stereocenters. The smallest absolute Gasteiger partial charge is 0.230 e. The van der Waals surface area contributed by atoms with Crippen molar-refractivity contribution in [3.63, 3.8) is 0 Å². The number of hydrogen-bond acceptors (Lipinski definition) is 6. The number of carbonyl (C=O) groups is 1. The van der Waals surface area contributed by atoms with Gasteiger partial charge in [-0.15, -0.1) is 0 Å². The number of aromatic nitrogens is 2. The second-order valence-corrected chi connectivity index (χ2v) is 7.77. The van der Waals surface area contributed by atoms with Gasteiger partial charge in [-0.1, -0.05) is 11.3 Å². The van der Waals surface area contributed by atoms with Gasteiger partial charge in [0.2, 0.25) is 11.9 Å². The number of thiazole rings is 1. The van der Waals surface area contributed by atoms with E-state index in [4.69, 9.17) is 4.74 Å². The Morgan fingerprint density at radius 1 is 1.60 bits per heavy atom. The first-order valence-corrected chi connectivity index (χ1v) is 9.03. The van der Waals surface area contributed by atoms with Crippen molar-refractivity contribution in [1.29, 1.82) is 0 Å². The van der Waals surface area contributed by atoms with Crippen molar-refractivity contribution < 1.29 is 13.9 Å². The zero-order valence-corrected chi connectivity index (χ0v) is 14.9. The molecule has 6 nitrogen and oxygen atoms in total. The Kier molecular flexibility index (Phi) is 4.05. The molecule has 0 unspecified atom stereocenters. The fourth-order valence-electron chi connectivity index (χ4n) is 3.77. The van der Waals surface area contributed by atoms with Crippen LogP contribution in [0.1, 0.15) is 36.3 Å².